The maximum Gasteiger partial charge on any atom is 0.256 e. The minimum Gasteiger partial charge on any atom is -0.396 e. The van der Waals surface area contributed by atoms with Crippen LogP contribution in [-0.4, -0.2) is 42.3 Å². The van der Waals surface area contributed by atoms with Gasteiger partial charge in [0, 0.05) is 18.1 Å². The van der Waals surface area contributed by atoms with Crippen LogP contribution >= 0.6 is 0 Å². The molecule has 0 radical (unpaired) electrons. The quantitative estimate of drug-likeness (QED) is 0.447. The number of aliphatic hydroxyl groups is 1. The molecule has 1 atom stereocenters. The molecule has 31 heavy (non-hydrogen) atoms. The molecule has 0 aliphatic rings. The van der Waals surface area contributed by atoms with Crippen LogP contribution in [0.5, 0.6) is 0 Å². The van der Waals surface area contributed by atoms with Gasteiger partial charge in [0.2, 0.25) is 0 Å². The van der Waals surface area contributed by atoms with Crippen molar-refractivity contribution in [2.75, 3.05) is 6.61 Å². The van der Waals surface area contributed by atoms with Crippen molar-refractivity contribution in [1.82, 2.24) is 24.1 Å². The van der Waals surface area contributed by atoms with Crippen molar-refractivity contribution in [3.63, 3.8) is 0 Å². The molecule has 0 bridgehead atoms. The van der Waals surface area contributed by atoms with Crippen LogP contribution < -0.4 is 0 Å². The van der Waals surface area contributed by atoms with Gasteiger partial charge in [-0.05, 0) is 49.2 Å². The predicted octanol–water partition coefficient (Wildman–Crippen LogP) is 4.54. The van der Waals surface area contributed by atoms with Crippen LogP contribution in [0.2, 0.25) is 0 Å². The first-order chi connectivity index (χ1) is 15.0. The molecular weight excluding hydrogens is 407 g/mol. The summed E-state index contributed by atoms with van der Waals surface area (Å²) in [5.74, 6) is -0.288. The van der Waals surface area contributed by atoms with Crippen molar-refractivity contribution in [3.05, 3.63) is 60.4 Å². The SMILES string of the molecule is CC(CCCO)c1cnc2ccc(-c3c(-c4ccc(F)cc4)ncn3CC(F)F)nn12. The third-order valence-electron chi connectivity index (χ3n) is 5.22. The summed E-state index contributed by atoms with van der Waals surface area (Å²) in [5.41, 5.74) is 3.44. The Morgan fingerprint density at radius 2 is 1.84 bits per heavy atom. The Bertz CT molecular complexity index is 1170. The van der Waals surface area contributed by atoms with Crippen LogP contribution in [0.1, 0.15) is 31.4 Å². The molecular formula is C22H22F3N5O. The third kappa shape index (κ3) is 4.32. The number of imidazole rings is 2. The zero-order valence-electron chi connectivity index (χ0n) is 16.9. The maximum absolute atomic E-state index is 13.4. The molecule has 0 amide bonds. The summed E-state index contributed by atoms with van der Waals surface area (Å²) in [6.07, 6.45) is 1.95. The highest BCUT2D eigenvalue weighted by Gasteiger charge is 2.20. The van der Waals surface area contributed by atoms with E-state index in [1.807, 2.05) is 6.92 Å². The third-order valence-corrected chi connectivity index (χ3v) is 5.22. The molecule has 0 saturated heterocycles. The van der Waals surface area contributed by atoms with Gasteiger partial charge in [0.25, 0.3) is 6.43 Å². The van der Waals surface area contributed by atoms with Gasteiger partial charge < -0.3 is 9.67 Å². The lowest BCUT2D eigenvalue weighted by Crippen LogP contribution is -2.09. The number of benzene rings is 1. The molecule has 162 valence electrons. The van der Waals surface area contributed by atoms with Crippen molar-refractivity contribution >= 4 is 5.65 Å². The van der Waals surface area contributed by atoms with Gasteiger partial charge >= 0.3 is 0 Å². The van der Waals surface area contributed by atoms with Crippen LogP contribution in [0.3, 0.4) is 0 Å². The van der Waals surface area contributed by atoms with Gasteiger partial charge in [0.05, 0.1) is 36.2 Å². The molecule has 0 fully saturated rings. The topological polar surface area (TPSA) is 68.2 Å². The summed E-state index contributed by atoms with van der Waals surface area (Å²) in [5, 5.41) is 13.8. The van der Waals surface area contributed by atoms with E-state index in [4.69, 9.17) is 10.2 Å². The van der Waals surface area contributed by atoms with Crippen LogP contribution in [-0.2, 0) is 6.54 Å². The molecule has 1 N–H and O–H groups in total. The van der Waals surface area contributed by atoms with E-state index in [0.717, 1.165) is 12.1 Å². The number of nitrogens with zero attached hydrogens (tertiary/aromatic N) is 5. The Morgan fingerprint density at radius 1 is 1.06 bits per heavy atom. The molecule has 9 heteroatoms. The highest BCUT2D eigenvalue weighted by Crippen LogP contribution is 2.31. The maximum atomic E-state index is 13.4. The molecule has 0 saturated carbocycles. The van der Waals surface area contributed by atoms with Crippen LogP contribution in [0.25, 0.3) is 28.3 Å². The summed E-state index contributed by atoms with van der Waals surface area (Å²) >= 11 is 0. The minimum absolute atomic E-state index is 0.104. The summed E-state index contributed by atoms with van der Waals surface area (Å²) in [6.45, 7) is 1.60. The van der Waals surface area contributed by atoms with Crippen molar-refractivity contribution < 1.29 is 18.3 Å². The molecule has 1 aromatic carbocycles. The lowest BCUT2D eigenvalue weighted by Gasteiger charge is -2.12. The zero-order chi connectivity index (χ0) is 22.0. The second-order valence-electron chi connectivity index (χ2n) is 7.43. The summed E-state index contributed by atoms with van der Waals surface area (Å²) in [7, 11) is 0. The van der Waals surface area contributed by atoms with Crippen molar-refractivity contribution in [1.29, 1.82) is 0 Å². The Labute approximate surface area is 177 Å². The van der Waals surface area contributed by atoms with Gasteiger partial charge in [-0.25, -0.2) is 27.7 Å². The second-order valence-corrected chi connectivity index (χ2v) is 7.43. The molecule has 4 rings (SSSR count). The first-order valence-corrected chi connectivity index (χ1v) is 10.0. The summed E-state index contributed by atoms with van der Waals surface area (Å²) in [6, 6.07) is 9.23. The van der Waals surface area contributed by atoms with E-state index < -0.39 is 18.8 Å². The average molecular weight is 429 g/mol. The standard InChI is InChI=1S/C22H22F3N5O/c1-14(3-2-10-31)18-11-26-20-9-8-17(28-30(18)20)22-21(15-4-6-16(23)7-5-15)27-13-29(22)12-19(24)25/h4-9,11,13-14,19,31H,2-3,10,12H2,1H3. The Morgan fingerprint density at radius 3 is 2.55 bits per heavy atom. The molecule has 0 aliphatic carbocycles. The second kappa shape index (κ2) is 8.89. The largest absolute Gasteiger partial charge is 0.396 e. The zero-order valence-corrected chi connectivity index (χ0v) is 16.9. The van der Waals surface area contributed by atoms with Gasteiger partial charge in [-0.15, -0.1) is 0 Å². The molecule has 0 spiro atoms. The minimum atomic E-state index is -2.57. The van der Waals surface area contributed by atoms with E-state index in [-0.39, 0.29) is 12.5 Å². The Kier molecular flexibility index (Phi) is 6.03. The monoisotopic (exact) mass is 429 g/mol. The highest BCUT2D eigenvalue weighted by atomic mass is 19.3. The average Bonchev–Trinajstić information content (AvgIpc) is 3.36. The smallest absolute Gasteiger partial charge is 0.256 e. The fourth-order valence-corrected chi connectivity index (χ4v) is 3.66. The van der Waals surface area contributed by atoms with E-state index in [9.17, 15) is 13.2 Å². The van der Waals surface area contributed by atoms with Crippen molar-refractivity contribution in [2.45, 2.75) is 38.7 Å². The van der Waals surface area contributed by atoms with Gasteiger partial charge in [-0.2, -0.15) is 5.10 Å². The van der Waals surface area contributed by atoms with Gasteiger partial charge in [-0.3, -0.25) is 0 Å². The fourth-order valence-electron chi connectivity index (χ4n) is 3.66. The number of aromatic nitrogens is 5. The Balaban J connectivity index is 1.84. The Hall–Kier alpha value is -3.20. The molecule has 3 heterocycles. The number of alkyl halides is 2. The van der Waals surface area contributed by atoms with Crippen LogP contribution in [0.15, 0.2) is 48.9 Å². The molecule has 1 unspecified atom stereocenters. The van der Waals surface area contributed by atoms with E-state index in [1.165, 1.54) is 23.0 Å². The number of halogens is 3. The molecule has 6 nitrogen and oxygen atoms in total. The summed E-state index contributed by atoms with van der Waals surface area (Å²) < 4.78 is 42.9. The van der Waals surface area contributed by atoms with Gasteiger partial charge in [-0.1, -0.05) is 6.92 Å². The lowest BCUT2D eigenvalue weighted by atomic mass is 10.0. The molecule has 4 aromatic rings. The van der Waals surface area contributed by atoms with Crippen LogP contribution in [0, 0.1) is 5.82 Å². The van der Waals surface area contributed by atoms with E-state index in [2.05, 4.69) is 9.97 Å². The number of rotatable bonds is 8. The van der Waals surface area contributed by atoms with Gasteiger partial charge in [0.1, 0.15) is 11.5 Å². The first-order valence-electron chi connectivity index (χ1n) is 10.0. The normalized spacial score (nSPS) is 12.7. The first kappa shape index (κ1) is 21.0. The van der Waals surface area contributed by atoms with E-state index >= 15 is 0 Å². The lowest BCUT2D eigenvalue weighted by molar-refractivity contribution is 0.127. The predicted molar refractivity (Wildman–Crippen MR) is 110 cm³/mol. The number of aliphatic hydroxyl groups excluding tert-OH is 1. The number of hydrogen-bond acceptors (Lipinski definition) is 4. The number of hydrogen-bond donors (Lipinski definition) is 1. The van der Waals surface area contributed by atoms with Crippen molar-refractivity contribution in [3.8, 4) is 22.6 Å². The molecule has 0 aliphatic heterocycles. The highest BCUT2D eigenvalue weighted by molar-refractivity contribution is 5.77. The summed E-state index contributed by atoms with van der Waals surface area (Å²) in [4.78, 5) is 8.71. The van der Waals surface area contributed by atoms with Gasteiger partial charge in [0.15, 0.2) is 5.65 Å². The number of fused-ring (bicyclic) bond motifs is 1. The fraction of sp³-hybridized carbons (Fsp3) is 0.318. The van der Waals surface area contributed by atoms with E-state index in [0.29, 0.717) is 34.7 Å². The molecule has 3 aromatic heterocycles. The van der Waals surface area contributed by atoms with Crippen molar-refractivity contribution in [2.24, 2.45) is 0 Å². The van der Waals surface area contributed by atoms with E-state index in [1.54, 1.807) is 35.0 Å². The van der Waals surface area contributed by atoms with Crippen LogP contribution in [0.4, 0.5) is 13.2 Å².